The van der Waals surface area contributed by atoms with Crippen molar-refractivity contribution in [3.8, 4) is 0 Å². The lowest BCUT2D eigenvalue weighted by Crippen LogP contribution is -2.15. The topological polar surface area (TPSA) is 85.8 Å². The number of rotatable bonds is 4. The molecule has 8 heteroatoms. The summed E-state index contributed by atoms with van der Waals surface area (Å²) in [5.74, 6) is -0.841. The van der Waals surface area contributed by atoms with Crippen molar-refractivity contribution in [1.29, 1.82) is 0 Å². The maximum absolute atomic E-state index is 13.2. The SMILES string of the molecule is Nc1c(C(=O)Nc2cccc(F)c2)nnn1Cc1ccc(Br)cc1. The molecule has 0 saturated heterocycles. The Bertz CT molecular complexity index is 878. The summed E-state index contributed by atoms with van der Waals surface area (Å²) in [5, 5.41) is 10.3. The predicted molar refractivity (Wildman–Crippen MR) is 92.0 cm³/mol. The third-order valence-corrected chi connectivity index (χ3v) is 3.85. The Kier molecular flexibility index (Phi) is 4.57. The lowest BCUT2D eigenvalue weighted by Gasteiger charge is -2.05. The summed E-state index contributed by atoms with van der Waals surface area (Å²) in [6, 6.07) is 13.2. The normalized spacial score (nSPS) is 10.6. The molecule has 0 unspecified atom stereocenters. The molecule has 0 bridgehead atoms. The van der Waals surface area contributed by atoms with E-state index in [2.05, 4.69) is 31.6 Å². The van der Waals surface area contributed by atoms with Gasteiger partial charge < -0.3 is 11.1 Å². The summed E-state index contributed by atoms with van der Waals surface area (Å²) >= 11 is 3.37. The highest BCUT2D eigenvalue weighted by atomic mass is 79.9. The molecule has 6 nitrogen and oxygen atoms in total. The first-order chi connectivity index (χ1) is 11.5. The molecule has 0 spiro atoms. The van der Waals surface area contributed by atoms with E-state index in [1.807, 2.05) is 24.3 Å². The highest BCUT2D eigenvalue weighted by molar-refractivity contribution is 9.10. The fraction of sp³-hybridized carbons (Fsp3) is 0.0625. The van der Waals surface area contributed by atoms with Crippen LogP contribution in [0.5, 0.6) is 0 Å². The van der Waals surface area contributed by atoms with Gasteiger partial charge in [0.2, 0.25) is 0 Å². The molecule has 3 N–H and O–H groups in total. The number of carbonyl (C=O) groups excluding carboxylic acids is 1. The first-order valence-electron chi connectivity index (χ1n) is 7.03. The number of nitrogens with one attached hydrogen (secondary N) is 1. The van der Waals surface area contributed by atoms with Crippen molar-refractivity contribution in [3.63, 3.8) is 0 Å². The molecule has 0 atom stereocenters. The second kappa shape index (κ2) is 6.79. The number of benzene rings is 2. The van der Waals surface area contributed by atoms with Crippen molar-refractivity contribution in [2.24, 2.45) is 0 Å². The van der Waals surface area contributed by atoms with Crippen molar-refractivity contribution < 1.29 is 9.18 Å². The molecule has 0 saturated carbocycles. The molecule has 1 amide bonds. The van der Waals surface area contributed by atoms with Crippen LogP contribution >= 0.6 is 15.9 Å². The van der Waals surface area contributed by atoms with Crippen LogP contribution in [-0.4, -0.2) is 20.9 Å². The molecule has 0 aliphatic heterocycles. The Morgan fingerprint density at radius 2 is 2.00 bits per heavy atom. The number of hydrogen-bond donors (Lipinski definition) is 2. The molecule has 3 rings (SSSR count). The average Bonchev–Trinajstić information content (AvgIpc) is 2.91. The van der Waals surface area contributed by atoms with Crippen LogP contribution in [0.1, 0.15) is 16.1 Å². The molecule has 2 aromatic carbocycles. The maximum Gasteiger partial charge on any atom is 0.280 e. The summed E-state index contributed by atoms with van der Waals surface area (Å²) in [6.07, 6.45) is 0. The predicted octanol–water partition coefficient (Wildman–Crippen LogP) is 3.06. The highest BCUT2D eigenvalue weighted by Crippen LogP contribution is 2.16. The highest BCUT2D eigenvalue weighted by Gasteiger charge is 2.18. The van der Waals surface area contributed by atoms with E-state index in [9.17, 15) is 9.18 Å². The van der Waals surface area contributed by atoms with Gasteiger partial charge in [-0.25, -0.2) is 9.07 Å². The number of carbonyl (C=O) groups is 1. The Balaban J connectivity index is 1.76. The first kappa shape index (κ1) is 16.1. The Morgan fingerprint density at radius 1 is 1.25 bits per heavy atom. The van der Waals surface area contributed by atoms with Gasteiger partial charge in [0, 0.05) is 10.2 Å². The molecular formula is C16H13BrFN5O. The second-order valence-corrected chi connectivity index (χ2v) is 5.99. The van der Waals surface area contributed by atoms with Gasteiger partial charge >= 0.3 is 0 Å². The van der Waals surface area contributed by atoms with Gasteiger partial charge in [-0.3, -0.25) is 4.79 Å². The van der Waals surface area contributed by atoms with Crippen LogP contribution in [0.3, 0.4) is 0 Å². The number of nitrogens with two attached hydrogens (primary N) is 1. The van der Waals surface area contributed by atoms with Crippen molar-refractivity contribution in [2.75, 3.05) is 11.1 Å². The number of amides is 1. The molecule has 122 valence electrons. The minimum atomic E-state index is -0.542. The molecule has 3 aromatic rings. The Morgan fingerprint density at radius 3 is 2.71 bits per heavy atom. The van der Waals surface area contributed by atoms with Crippen molar-refractivity contribution in [1.82, 2.24) is 15.0 Å². The largest absolute Gasteiger partial charge is 0.382 e. The summed E-state index contributed by atoms with van der Waals surface area (Å²) in [5.41, 5.74) is 7.24. The van der Waals surface area contributed by atoms with Crippen LogP contribution in [0.4, 0.5) is 15.9 Å². The van der Waals surface area contributed by atoms with E-state index in [4.69, 9.17) is 5.73 Å². The minimum absolute atomic E-state index is 0.00336. The maximum atomic E-state index is 13.2. The van der Waals surface area contributed by atoms with Crippen LogP contribution in [0.2, 0.25) is 0 Å². The summed E-state index contributed by atoms with van der Waals surface area (Å²) in [7, 11) is 0. The second-order valence-electron chi connectivity index (χ2n) is 5.07. The molecule has 1 heterocycles. The number of anilines is 2. The van der Waals surface area contributed by atoms with Crippen LogP contribution in [0.15, 0.2) is 53.0 Å². The fourth-order valence-electron chi connectivity index (χ4n) is 2.12. The van der Waals surface area contributed by atoms with E-state index in [0.717, 1.165) is 10.0 Å². The Labute approximate surface area is 145 Å². The van der Waals surface area contributed by atoms with Crippen LogP contribution in [0.25, 0.3) is 0 Å². The minimum Gasteiger partial charge on any atom is -0.382 e. The van der Waals surface area contributed by atoms with E-state index >= 15 is 0 Å². The lowest BCUT2D eigenvalue weighted by atomic mass is 10.2. The van der Waals surface area contributed by atoms with Crippen LogP contribution < -0.4 is 11.1 Å². The average molecular weight is 390 g/mol. The van der Waals surface area contributed by atoms with E-state index in [0.29, 0.717) is 12.2 Å². The summed E-state index contributed by atoms with van der Waals surface area (Å²) in [4.78, 5) is 12.2. The zero-order valence-corrected chi connectivity index (χ0v) is 14.0. The van der Waals surface area contributed by atoms with E-state index in [-0.39, 0.29) is 11.5 Å². The summed E-state index contributed by atoms with van der Waals surface area (Å²) < 4.78 is 15.6. The number of nitrogens with zero attached hydrogens (tertiary/aromatic N) is 3. The van der Waals surface area contributed by atoms with Gasteiger partial charge in [-0.2, -0.15) is 0 Å². The van der Waals surface area contributed by atoms with Gasteiger partial charge in [-0.15, -0.1) is 5.10 Å². The van der Waals surface area contributed by atoms with Crippen molar-refractivity contribution >= 4 is 33.3 Å². The fourth-order valence-corrected chi connectivity index (χ4v) is 2.38. The number of halogens is 2. The smallest absolute Gasteiger partial charge is 0.280 e. The van der Waals surface area contributed by atoms with Gasteiger partial charge in [0.05, 0.1) is 6.54 Å². The quantitative estimate of drug-likeness (QED) is 0.717. The van der Waals surface area contributed by atoms with Crippen LogP contribution in [-0.2, 0) is 6.54 Å². The van der Waals surface area contributed by atoms with E-state index < -0.39 is 11.7 Å². The van der Waals surface area contributed by atoms with E-state index in [1.54, 1.807) is 6.07 Å². The molecule has 1 aromatic heterocycles. The molecule has 0 aliphatic carbocycles. The van der Waals surface area contributed by atoms with Gasteiger partial charge in [0.1, 0.15) is 5.82 Å². The molecule has 0 aliphatic rings. The number of hydrogen-bond acceptors (Lipinski definition) is 4. The van der Waals surface area contributed by atoms with E-state index in [1.165, 1.54) is 22.9 Å². The Hall–Kier alpha value is -2.74. The third-order valence-electron chi connectivity index (χ3n) is 3.32. The number of nitrogen functional groups attached to an aromatic ring is 1. The standard InChI is InChI=1S/C16H13BrFN5O/c17-11-6-4-10(5-7-11)9-23-15(19)14(21-22-23)16(24)20-13-3-1-2-12(18)8-13/h1-8H,9,19H2,(H,20,24). The first-order valence-corrected chi connectivity index (χ1v) is 7.82. The summed E-state index contributed by atoms with van der Waals surface area (Å²) in [6.45, 7) is 0.388. The lowest BCUT2D eigenvalue weighted by molar-refractivity contribution is 0.102. The third kappa shape index (κ3) is 3.60. The van der Waals surface area contributed by atoms with Gasteiger partial charge in [-0.1, -0.05) is 39.3 Å². The van der Waals surface area contributed by atoms with Gasteiger partial charge in [0.15, 0.2) is 11.5 Å². The van der Waals surface area contributed by atoms with Crippen LogP contribution in [0, 0.1) is 5.82 Å². The van der Waals surface area contributed by atoms with Gasteiger partial charge in [0.25, 0.3) is 5.91 Å². The monoisotopic (exact) mass is 389 g/mol. The van der Waals surface area contributed by atoms with Crippen molar-refractivity contribution in [3.05, 3.63) is 70.1 Å². The van der Waals surface area contributed by atoms with Crippen molar-refractivity contribution in [2.45, 2.75) is 6.54 Å². The zero-order valence-electron chi connectivity index (χ0n) is 12.4. The molecule has 0 fully saturated rings. The van der Waals surface area contributed by atoms with Gasteiger partial charge in [-0.05, 0) is 35.9 Å². The molecule has 24 heavy (non-hydrogen) atoms. The zero-order chi connectivity index (χ0) is 17.1. The molecule has 0 radical (unpaired) electrons. The number of aromatic nitrogens is 3. The molecular weight excluding hydrogens is 377 g/mol.